The average Bonchev–Trinajstić information content (AvgIpc) is 3.48. The second kappa shape index (κ2) is 16.3. The van der Waals surface area contributed by atoms with E-state index in [4.69, 9.17) is 21.1 Å². The first kappa shape index (κ1) is 38.4. The summed E-state index contributed by atoms with van der Waals surface area (Å²) in [6, 6.07) is 30.5. The van der Waals surface area contributed by atoms with Crippen molar-refractivity contribution in [2.45, 2.75) is 70.6 Å². The first-order valence-electron chi connectivity index (χ1n) is 18.3. The highest BCUT2D eigenvalue weighted by Crippen LogP contribution is 2.44. The lowest BCUT2D eigenvalue weighted by Gasteiger charge is -2.40. The summed E-state index contributed by atoms with van der Waals surface area (Å²) in [5.74, 6) is -0.246. The molecule has 7 rings (SSSR count). The van der Waals surface area contributed by atoms with Crippen LogP contribution in [0.5, 0.6) is 0 Å². The normalized spacial score (nSPS) is 15.7. The number of amides is 4. The number of hydrogen-bond donors (Lipinski definition) is 2. The summed E-state index contributed by atoms with van der Waals surface area (Å²) in [6.07, 6.45) is 1.32. The van der Waals surface area contributed by atoms with Crippen LogP contribution in [-0.4, -0.2) is 71.7 Å². The van der Waals surface area contributed by atoms with E-state index in [1.807, 2.05) is 24.0 Å². The number of carbonyl (C=O) groups is 4. The Kier molecular flexibility index (Phi) is 11.6. The number of ether oxygens (including phenoxy) is 2. The van der Waals surface area contributed by atoms with Crippen molar-refractivity contribution in [3.8, 4) is 11.1 Å². The number of carbonyl (C=O) groups excluding carboxylic acids is 4. The second-order valence-electron chi connectivity index (χ2n) is 14.9. The minimum Gasteiger partial charge on any atom is -0.448 e. The van der Waals surface area contributed by atoms with Crippen LogP contribution >= 0.6 is 11.6 Å². The number of likely N-dealkylation sites (tertiary alicyclic amines) is 1. The monoisotopic (exact) mass is 750 g/mol. The van der Waals surface area contributed by atoms with Crippen LogP contribution in [0, 0.1) is 6.92 Å². The Hall–Kier alpha value is -5.35. The number of piperidine rings is 1. The van der Waals surface area contributed by atoms with Crippen LogP contribution in [0.25, 0.3) is 11.1 Å². The highest BCUT2D eigenvalue weighted by Gasteiger charge is 2.43. The van der Waals surface area contributed by atoms with Gasteiger partial charge in [-0.3, -0.25) is 9.59 Å². The molecule has 10 nitrogen and oxygen atoms in total. The molecule has 0 saturated carbocycles. The van der Waals surface area contributed by atoms with E-state index in [2.05, 4.69) is 77.4 Å². The van der Waals surface area contributed by atoms with Gasteiger partial charge in [0.2, 0.25) is 12.3 Å². The topological polar surface area (TPSA) is 117 Å². The molecule has 0 atom stereocenters. The van der Waals surface area contributed by atoms with Gasteiger partial charge >= 0.3 is 12.2 Å². The van der Waals surface area contributed by atoms with Crippen LogP contribution in [0.4, 0.5) is 15.3 Å². The van der Waals surface area contributed by atoms with Crippen molar-refractivity contribution in [3.63, 3.8) is 0 Å². The fraction of sp³-hybridized carbons (Fsp3) is 0.349. The van der Waals surface area contributed by atoms with E-state index < -0.39 is 17.2 Å². The van der Waals surface area contributed by atoms with E-state index in [1.54, 1.807) is 37.8 Å². The molecule has 2 aliphatic heterocycles. The van der Waals surface area contributed by atoms with Crippen molar-refractivity contribution in [2.24, 2.45) is 0 Å². The van der Waals surface area contributed by atoms with E-state index >= 15 is 0 Å². The van der Waals surface area contributed by atoms with Gasteiger partial charge in [-0.1, -0.05) is 96.5 Å². The third kappa shape index (κ3) is 8.55. The number of hydrogen-bond acceptors (Lipinski definition) is 6. The number of nitrogens with zero attached hydrogens (tertiary/aromatic N) is 2. The van der Waals surface area contributed by atoms with Gasteiger partial charge in [0.15, 0.2) is 0 Å². The van der Waals surface area contributed by atoms with Crippen LogP contribution in [-0.2, 0) is 32.0 Å². The van der Waals surface area contributed by atoms with E-state index in [1.165, 1.54) is 33.4 Å². The molecule has 54 heavy (non-hydrogen) atoms. The molecule has 282 valence electrons. The lowest BCUT2D eigenvalue weighted by molar-refractivity contribution is -0.127. The second-order valence-corrected chi connectivity index (χ2v) is 15.3. The first-order chi connectivity index (χ1) is 25.9. The van der Waals surface area contributed by atoms with Crippen molar-refractivity contribution < 1.29 is 28.7 Å². The zero-order chi connectivity index (χ0) is 38.5. The SMILES string of the molecule is Cc1cccc(NC(=O)C2(NC=O)CCN(C(=O)OC(C)(C)C)CC2)c1Cl.O=C(OCC1c2ccccc2-c2ccccc21)N1CCc2ccccc2C1. The van der Waals surface area contributed by atoms with Crippen molar-refractivity contribution in [3.05, 3.63) is 124 Å². The maximum Gasteiger partial charge on any atom is 0.410 e. The Morgan fingerprint density at radius 2 is 1.43 bits per heavy atom. The smallest absolute Gasteiger partial charge is 0.410 e. The molecule has 0 spiro atoms. The summed E-state index contributed by atoms with van der Waals surface area (Å²) in [7, 11) is 0. The largest absolute Gasteiger partial charge is 0.448 e. The third-order valence-corrected chi connectivity index (χ3v) is 10.7. The number of anilines is 1. The van der Waals surface area contributed by atoms with Gasteiger partial charge in [0.05, 0.1) is 10.7 Å². The highest BCUT2D eigenvalue weighted by atomic mass is 35.5. The van der Waals surface area contributed by atoms with Crippen LogP contribution in [0.2, 0.25) is 5.02 Å². The Labute approximate surface area is 321 Å². The summed E-state index contributed by atoms with van der Waals surface area (Å²) in [6.45, 7) is 9.56. The van der Waals surface area contributed by atoms with Gasteiger partial charge < -0.3 is 29.9 Å². The Balaban J connectivity index is 0.000000184. The van der Waals surface area contributed by atoms with Gasteiger partial charge in [-0.2, -0.15) is 0 Å². The predicted octanol–water partition coefficient (Wildman–Crippen LogP) is 8.10. The molecule has 3 aliphatic rings. The molecule has 1 aliphatic carbocycles. The van der Waals surface area contributed by atoms with Crippen LogP contribution < -0.4 is 10.6 Å². The summed E-state index contributed by atoms with van der Waals surface area (Å²) in [5, 5.41) is 5.90. The van der Waals surface area contributed by atoms with Gasteiger partial charge in [-0.25, -0.2) is 9.59 Å². The van der Waals surface area contributed by atoms with Gasteiger partial charge in [-0.05, 0) is 92.0 Å². The first-order valence-corrected chi connectivity index (χ1v) is 18.7. The third-order valence-electron chi connectivity index (χ3n) is 10.2. The minimum atomic E-state index is -1.10. The Morgan fingerprint density at radius 1 is 0.815 bits per heavy atom. The molecule has 1 saturated heterocycles. The van der Waals surface area contributed by atoms with Crippen LogP contribution in [0.3, 0.4) is 0 Å². The van der Waals surface area contributed by atoms with Crippen molar-refractivity contribution in [2.75, 3.05) is 31.6 Å². The molecule has 11 heteroatoms. The van der Waals surface area contributed by atoms with Gasteiger partial charge in [0.1, 0.15) is 17.7 Å². The van der Waals surface area contributed by atoms with Gasteiger partial charge in [-0.15, -0.1) is 0 Å². The van der Waals surface area contributed by atoms with E-state index in [0.717, 1.165) is 12.0 Å². The van der Waals surface area contributed by atoms with Gasteiger partial charge in [0.25, 0.3) is 0 Å². The molecule has 2 N–H and O–H groups in total. The maximum absolute atomic E-state index is 12.9. The molecule has 4 aromatic rings. The Bertz CT molecular complexity index is 1970. The molecule has 0 unspecified atom stereocenters. The molecule has 2 heterocycles. The van der Waals surface area contributed by atoms with Crippen molar-refractivity contribution in [1.82, 2.24) is 15.1 Å². The number of rotatable bonds is 6. The predicted molar refractivity (Wildman–Crippen MR) is 209 cm³/mol. The minimum absolute atomic E-state index is 0.110. The van der Waals surface area contributed by atoms with E-state index in [-0.39, 0.29) is 30.8 Å². The standard InChI is InChI=1S/C24H21NO2.C19H26ClN3O4/c26-24(25-14-13-17-7-1-2-8-18(17)15-25)27-16-23-21-11-5-3-9-19(21)20-10-4-6-12-22(20)23;1-13-6-5-7-14(15(13)20)22-16(25)19(21-12-24)8-10-23(11-9-19)17(26)27-18(2,3)4/h1-12,23H,13-16H2;5-7,12H,8-11H2,1-4H3,(H,21,24)(H,22,25). The zero-order valence-electron chi connectivity index (χ0n) is 31.2. The number of fused-ring (bicyclic) bond motifs is 4. The fourth-order valence-electron chi connectivity index (χ4n) is 7.27. The molecular formula is C43H47ClN4O6. The summed E-state index contributed by atoms with van der Waals surface area (Å²) in [4.78, 5) is 52.3. The Morgan fingerprint density at radius 3 is 2.06 bits per heavy atom. The number of halogens is 1. The van der Waals surface area contributed by atoms with Crippen LogP contribution in [0.1, 0.15) is 67.3 Å². The summed E-state index contributed by atoms with van der Waals surface area (Å²) in [5.41, 5.74) is 7.18. The zero-order valence-corrected chi connectivity index (χ0v) is 31.9. The lowest BCUT2D eigenvalue weighted by Crippen LogP contribution is -2.60. The molecular weight excluding hydrogens is 704 g/mol. The molecule has 0 radical (unpaired) electrons. The summed E-state index contributed by atoms with van der Waals surface area (Å²) >= 11 is 6.25. The van der Waals surface area contributed by atoms with Crippen LogP contribution in [0.15, 0.2) is 91.0 Å². The molecule has 0 aromatic heterocycles. The van der Waals surface area contributed by atoms with E-state index in [0.29, 0.717) is 49.9 Å². The molecule has 4 aromatic carbocycles. The van der Waals surface area contributed by atoms with Crippen molar-refractivity contribution in [1.29, 1.82) is 0 Å². The fourth-order valence-corrected chi connectivity index (χ4v) is 7.44. The average molecular weight is 751 g/mol. The molecule has 4 amide bonds. The number of benzene rings is 4. The molecule has 1 fully saturated rings. The lowest BCUT2D eigenvalue weighted by atomic mass is 9.86. The summed E-state index contributed by atoms with van der Waals surface area (Å²) < 4.78 is 11.2. The molecule has 0 bridgehead atoms. The van der Waals surface area contributed by atoms with E-state index in [9.17, 15) is 19.2 Å². The quantitative estimate of drug-likeness (QED) is 0.193. The number of aryl methyl sites for hydroxylation is 1. The highest BCUT2D eigenvalue weighted by molar-refractivity contribution is 6.34. The maximum atomic E-state index is 12.9. The number of nitrogens with one attached hydrogen (secondary N) is 2. The van der Waals surface area contributed by atoms with Gasteiger partial charge in [0, 0.05) is 32.1 Å². The van der Waals surface area contributed by atoms with Crippen molar-refractivity contribution >= 4 is 41.8 Å².